The van der Waals surface area contributed by atoms with E-state index in [0.29, 0.717) is 0 Å². The Kier molecular flexibility index (Phi) is 15.3. The van der Waals surface area contributed by atoms with Crippen molar-refractivity contribution in [3.63, 3.8) is 0 Å². The second-order valence-corrected chi connectivity index (χ2v) is 7.88. The summed E-state index contributed by atoms with van der Waals surface area (Å²) in [7, 11) is 0. The third kappa shape index (κ3) is 13.1. The van der Waals surface area contributed by atoms with Gasteiger partial charge in [-0.25, -0.2) is 4.57 Å². The molecule has 0 bridgehead atoms. The van der Waals surface area contributed by atoms with E-state index in [0.717, 1.165) is 6.54 Å². The minimum Gasteiger partial charge on any atom is -0.205 e. The molecule has 0 saturated carbocycles. The Balaban J connectivity index is 1.77. The van der Waals surface area contributed by atoms with Crippen LogP contribution in [0.5, 0.6) is 0 Å². The van der Waals surface area contributed by atoms with Crippen molar-refractivity contribution in [2.45, 2.75) is 116 Å². The van der Waals surface area contributed by atoms with Crippen LogP contribution in [0.2, 0.25) is 0 Å². The lowest BCUT2D eigenvalue weighted by Crippen LogP contribution is -2.32. The molecule has 0 saturated heterocycles. The number of rotatable bonds is 18. The summed E-state index contributed by atoms with van der Waals surface area (Å²) in [5.41, 5.74) is 1.20. The van der Waals surface area contributed by atoms with E-state index >= 15 is 0 Å². The largest absolute Gasteiger partial charge is 0.205 e. The van der Waals surface area contributed by atoms with Crippen molar-refractivity contribution in [3.8, 4) is 0 Å². The Bertz CT molecular complexity index is 420. The average molecular weight is 359 g/mol. The second kappa shape index (κ2) is 17.3. The molecule has 0 aliphatic rings. The second-order valence-electron chi connectivity index (χ2n) is 7.88. The van der Waals surface area contributed by atoms with Crippen LogP contribution in [0.25, 0.3) is 6.08 Å². The Hall–Kier alpha value is -1.11. The number of aryl methyl sites for hydroxylation is 1. The van der Waals surface area contributed by atoms with Crippen molar-refractivity contribution < 1.29 is 4.57 Å². The molecule has 0 unspecified atom stereocenters. The summed E-state index contributed by atoms with van der Waals surface area (Å²) < 4.78 is 2.29. The number of hydrogen-bond acceptors (Lipinski definition) is 0. The molecule has 148 valence electrons. The Morgan fingerprint density at radius 1 is 0.654 bits per heavy atom. The molecule has 0 spiro atoms. The molecule has 26 heavy (non-hydrogen) atoms. The predicted octanol–water partition coefficient (Wildman–Crippen LogP) is 7.88. The molecule has 1 heterocycles. The monoisotopic (exact) mass is 358 g/mol. The van der Waals surface area contributed by atoms with E-state index in [1.165, 1.54) is 108 Å². The maximum Gasteiger partial charge on any atom is 0.169 e. The zero-order valence-corrected chi connectivity index (χ0v) is 17.6. The molecule has 0 aliphatic carbocycles. The number of nitrogens with zero attached hydrogens (tertiary/aromatic N) is 1. The molecule has 1 rings (SSSR count). The highest BCUT2D eigenvalue weighted by molar-refractivity contribution is 5.44. The number of aromatic nitrogens is 1. The molecular weight excluding hydrogens is 314 g/mol. The Labute approximate surface area is 163 Å². The highest BCUT2D eigenvalue weighted by Crippen LogP contribution is 2.13. The van der Waals surface area contributed by atoms with Crippen LogP contribution in [0.4, 0.5) is 0 Å². The maximum absolute atomic E-state index is 3.80. The van der Waals surface area contributed by atoms with Crippen LogP contribution in [-0.2, 0) is 6.54 Å². The molecule has 0 aliphatic heterocycles. The van der Waals surface area contributed by atoms with E-state index in [4.69, 9.17) is 0 Å². The summed E-state index contributed by atoms with van der Waals surface area (Å²) in [5.74, 6) is 0. The first kappa shape index (κ1) is 22.9. The van der Waals surface area contributed by atoms with Gasteiger partial charge in [0, 0.05) is 18.6 Å². The fraction of sp³-hybridized carbons (Fsp3) is 0.720. The summed E-state index contributed by atoms with van der Waals surface area (Å²) in [6.45, 7) is 7.24. The van der Waals surface area contributed by atoms with Gasteiger partial charge in [0.1, 0.15) is 6.54 Å². The van der Waals surface area contributed by atoms with Crippen molar-refractivity contribution in [2.24, 2.45) is 0 Å². The normalized spacial score (nSPS) is 11.0. The summed E-state index contributed by atoms with van der Waals surface area (Å²) in [6, 6.07) is 4.28. The first-order valence-electron chi connectivity index (χ1n) is 11.5. The summed E-state index contributed by atoms with van der Waals surface area (Å²) in [4.78, 5) is 0. The van der Waals surface area contributed by atoms with E-state index < -0.39 is 0 Å². The molecule has 1 heteroatoms. The predicted molar refractivity (Wildman–Crippen MR) is 116 cm³/mol. The summed E-state index contributed by atoms with van der Waals surface area (Å²) >= 11 is 0. The molecule has 1 aromatic heterocycles. The van der Waals surface area contributed by atoms with Gasteiger partial charge in [-0.1, -0.05) is 109 Å². The van der Waals surface area contributed by atoms with Crippen LogP contribution >= 0.6 is 0 Å². The van der Waals surface area contributed by atoms with Gasteiger partial charge < -0.3 is 0 Å². The standard InChI is InChI=1S/C25H44N/c1-3-5-6-7-8-9-10-11-12-13-14-15-16-17-18-19-22-26-23-20-25(4-2)21-24-26/h4,20-21,23-24H,2-3,5-19,22H2,1H3/q+1. The first-order valence-corrected chi connectivity index (χ1v) is 11.5. The number of pyridine rings is 1. The lowest BCUT2D eigenvalue weighted by atomic mass is 10.0. The van der Waals surface area contributed by atoms with E-state index in [1.54, 1.807) is 0 Å². The fourth-order valence-corrected chi connectivity index (χ4v) is 3.60. The van der Waals surface area contributed by atoms with E-state index in [9.17, 15) is 0 Å². The lowest BCUT2D eigenvalue weighted by molar-refractivity contribution is -0.697. The average Bonchev–Trinajstić information content (AvgIpc) is 2.68. The van der Waals surface area contributed by atoms with Crippen LogP contribution in [-0.4, -0.2) is 0 Å². The van der Waals surface area contributed by atoms with E-state index in [1.807, 2.05) is 6.08 Å². The van der Waals surface area contributed by atoms with Gasteiger partial charge in [-0.2, -0.15) is 0 Å². The topological polar surface area (TPSA) is 3.88 Å². The lowest BCUT2D eigenvalue weighted by Gasteiger charge is -2.03. The van der Waals surface area contributed by atoms with Crippen molar-refractivity contribution in [2.75, 3.05) is 0 Å². The minimum absolute atomic E-state index is 1.15. The smallest absolute Gasteiger partial charge is 0.169 e. The van der Waals surface area contributed by atoms with Crippen LogP contribution in [0.1, 0.15) is 115 Å². The van der Waals surface area contributed by atoms with Gasteiger partial charge in [-0.15, -0.1) is 0 Å². The SMILES string of the molecule is C=Cc1cc[n+](CCCCCCCCCCCCCCCCCC)cc1. The quantitative estimate of drug-likeness (QED) is 0.185. The highest BCUT2D eigenvalue weighted by atomic mass is 14.9. The maximum atomic E-state index is 3.80. The first-order chi connectivity index (χ1) is 12.9. The molecule has 0 N–H and O–H groups in total. The van der Waals surface area contributed by atoms with Gasteiger partial charge in [-0.05, 0) is 12.0 Å². The van der Waals surface area contributed by atoms with Gasteiger partial charge >= 0.3 is 0 Å². The molecule has 0 aromatic carbocycles. The van der Waals surface area contributed by atoms with Gasteiger partial charge in [0.05, 0.1) is 0 Å². The summed E-state index contributed by atoms with van der Waals surface area (Å²) in [6.07, 6.45) is 29.2. The fourth-order valence-electron chi connectivity index (χ4n) is 3.60. The molecule has 0 fully saturated rings. The van der Waals surface area contributed by atoms with Crippen molar-refractivity contribution in [3.05, 3.63) is 36.7 Å². The van der Waals surface area contributed by atoms with E-state index in [2.05, 4.69) is 42.6 Å². The molecule has 0 amide bonds. The van der Waals surface area contributed by atoms with Gasteiger partial charge in [0.15, 0.2) is 12.4 Å². The number of hydrogen-bond donors (Lipinski definition) is 0. The van der Waals surface area contributed by atoms with Crippen LogP contribution in [0, 0.1) is 0 Å². The third-order valence-corrected chi connectivity index (χ3v) is 5.42. The van der Waals surface area contributed by atoms with Crippen LogP contribution in [0.3, 0.4) is 0 Å². The minimum atomic E-state index is 1.15. The molecule has 0 radical (unpaired) electrons. The molecule has 0 atom stereocenters. The van der Waals surface area contributed by atoms with Crippen molar-refractivity contribution >= 4 is 6.08 Å². The van der Waals surface area contributed by atoms with Crippen LogP contribution in [0.15, 0.2) is 31.1 Å². The highest BCUT2D eigenvalue weighted by Gasteiger charge is 2.00. The van der Waals surface area contributed by atoms with Crippen LogP contribution < -0.4 is 4.57 Å². The molecule has 1 aromatic rings. The Morgan fingerprint density at radius 3 is 1.42 bits per heavy atom. The van der Waals surface area contributed by atoms with E-state index in [-0.39, 0.29) is 0 Å². The number of unbranched alkanes of at least 4 members (excludes halogenated alkanes) is 15. The van der Waals surface area contributed by atoms with Crippen molar-refractivity contribution in [1.82, 2.24) is 0 Å². The van der Waals surface area contributed by atoms with Gasteiger partial charge in [0.25, 0.3) is 0 Å². The zero-order valence-electron chi connectivity index (χ0n) is 17.6. The molecule has 1 nitrogen and oxygen atoms in total. The van der Waals surface area contributed by atoms with Crippen molar-refractivity contribution in [1.29, 1.82) is 0 Å². The third-order valence-electron chi connectivity index (χ3n) is 5.42. The summed E-state index contributed by atoms with van der Waals surface area (Å²) in [5, 5.41) is 0. The van der Waals surface area contributed by atoms with Gasteiger partial charge in [-0.3, -0.25) is 0 Å². The molecular formula is C25H44N+. The zero-order chi connectivity index (χ0) is 18.7. The van der Waals surface area contributed by atoms with Gasteiger partial charge in [0.2, 0.25) is 0 Å². The Morgan fingerprint density at radius 2 is 1.04 bits per heavy atom.